The van der Waals surface area contributed by atoms with Gasteiger partial charge >= 0.3 is 0 Å². The molecule has 86 valence electrons. The van der Waals surface area contributed by atoms with Crippen molar-refractivity contribution in [1.82, 2.24) is 4.98 Å². The van der Waals surface area contributed by atoms with E-state index in [1.807, 2.05) is 12.3 Å². The number of rotatable bonds is 2. The molecule has 0 bridgehead atoms. The third kappa shape index (κ3) is 2.03. The fourth-order valence-corrected chi connectivity index (χ4v) is 2.59. The van der Waals surface area contributed by atoms with Crippen molar-refractivity contribution < 1.29 is 0 Å². The summed E-state index contributed by atoms with van der Waals surface area (Å²) in [5, 5.41) is 0. The van der Waals surface area contributed by atoms with Gasteiger partial charge in [0.15, 0.2) is 0 Å². The highest BCUT2D eigenvalue weighted by molar-refractivity contribution is 5.43. The lowest BCUT2D eigenvalue weighted by Crippen LogP contribution is -2.23. The summed E-state index contributed by atoms with van der Waals surface area (Å²) >= 11 is 0. The van der Waals surface area contributed by atoms with Crippen LogP contribution in [0.25, 0.3) is 0 Å². The fourth-order valence-electron chi connectivity index (χ4n) is 2.59. The van der Waals surface area contributed by atoms with Crippen LogP contribution in [0.4, 0.5) is 5.82 Å². The molecule has 1 saturated heterocycles. The zero-order valence-corrected chi connectivity index (χ0v) is 9.79. The van der Waals surface area contributed by atoms with Crippen molar-refractivity contribution in [1.29, 1.82) is 0 Å². The number of pyridine rings is 1. The Morgan fingerprint density at radius 3 is 2.59 bits per heavy atom. The molecule has 1 atom stereocenters. The van der Waals surface area contributed by atoms with Crippen molar-refractivity contribution in [2.24, 2.45) is 0 Å². The summed E-state index contributed by atoms with van der Waals surface area (Å²) in [6.45, 7) is 1.11. The predicted octanol–water partition coefficient (Wildman–Crippen LogP) is 3.42. The fraction of sp³-hybridized carbons (Fsp3) is 0.267. The first-order valence-corrected chi connectivity index (χ1v) is 6.18. The minimum Gasteiger partial charge on any atom is -0.350 e. The second-order valence-corrected chi connectivity index (χ2v) is 4.45. The molecule has 2 aromatic rings. The Hall–Kier alpha value is -1.83. The SMILES string of the molecule is c1ccc([C@H]2CCCN2c2ccccn2)cc1. The monoisotopic (exact) mass is 224 g/mol. The van der Waals surface area contributed by atoms with Crippen LogP contribution in [0.5, 0.6) is 0 Å². The summed E-state index contributed by atoms with van der Waals surface area (Å²) in [6.07, 6.45) is 4.34. The van der Waals surface area contributed by atoms with E-state index in [-0.39, 0.29) is 0 Å². The maximum atomic E-state index is 4.46. The van der Waals surface area contributed by atoms with Crippen molar-refractivity contribution in [2.45, 2.75) is 18.9 Å². The molecule has 2 heterocycles. The molecule has 0 spiro atoms. The third-order valence-electron chi connectivity index (χ3n) is 3.38. The van der Waals surface area contributed by atoms with Gasteiger partial charge in [0.25, 0.3) is 0 Å². The Balaban J connectivity index is 1.91. The Morgan fingerprint density at radius 2 is 1.82 bits per heavy atom. The first kappa shape index (κ1) is 10.3. The second kappa shape index (κ2) is 4.58. The summed E-state index contributed by atoms with van der Waals surface area (Å²) in [5.74, 6) is 1.10. The van der Waals surface area contributed by atoms with E-state index >= 15 is 0 Å². The molecule has 0 amide bonds. The molecule has 1 aliphatic heterocycles. The molecule has 2 nitrogen and oxygen atoms in total. The number of anilines is 1. The Kier molecular flexibility index (Phi) is 2.78. The lowest BCUT2D eigenvalue weighted by molar-refractivity contribution is 0.712. The van der Waals surface area contributed by atoms with E-state index < -0.39 is 0 Å². The van der Waals surface area contributed by atoms with Gasteiger partial charge in [0.2, 0.25) is 0 Å². The van der Waals surface area contributed by atoms with Crippen LogP contribution in [0.3, 0.4) is 0 Å². The topological polar surface area (TPSA) is 16.1 Å². The standard InChI is InChI=1S/C15H16N2/c1-2-7-13(8-3-1)14-9-6-12-17(14)15-10-4-5-11-16-15/h1-5,7-8,10-11,14H,6,9,12H2/t14-/m1/s1. The lowest BCUT2D eigenvalue weighted by Gasteiger charge is -2.25. The third-order valence-corrected chi connectivity index (χ3v) is 3.38. The molecule has 0 N–H and O–H groups in total. The molecule has 1 aromatic heterocycles. The maximum absolute atomic E-state index is 4.46. The molecule has 1 fully saturated rings. The van der Waals surface area contributed by atoms with Crippen molar-refractivity contribution in [3.63, 3.8) is 0 Å². The lowest BCUT2D eigenvalue weighted by atomic mass is 10.0. The average molecular weight is 224 g/mol. The van der Waals surface area contributed by atoms with Crippen LogP contribution in [0.2, 0.25) is 0 Å². The second-order valence-electron chi connectivity index (χ2n) is 4.45. The largest absolute Gasteiger partial charge is 0.350 e. The summed E-state index contributed by atoms with van der Waals surface area (Å²) in [6, 6.07) is 17.3. The molecule has 1 aliphatic rings. The maximum Gasteiger partial charge on any atom is 0.128 e. The molecule has 2 heteroatoms. The quantitative estimate of drug-likeness (QED) is 0.777. The van der Waals surface area contributed by atoms with Crippen LogP contribution in [0.15, 0.2) is 54.7 Å². The molecular formula is C15H16N2. The van der Waals surface area contributed by atoms with Crippen LogP contribution < -0.4 is 4.90 Å². The van der Waals surface area contributed by atoms with E-state index in [0.29, 0.717) is 6.04 Å². The number of nitrogens with zero attached hydrogens (tertiary/aromatic N) is 2. The zero-order valence-electron chi connectivity index (χ0n) is 9.79. The van der Waals surface area contributed by atoms with Crippen LogP contribution >= 0.6 is 0 Å². The number of hydrogen-bond acceptors (Lipinski definition) is 2. The van der Waals surface area contributed by atoms with Crippen molar-refractivity contribution in [3.8, 4) is 0 Å². The van der Waals surface area contributed by atoms with Crippen molar-refractivity contribution in [2.75, 3.05) is 11.4 Å². The van der Waals surface area contributed by atoms with Gasteiger partial charge in [0, 0.05) is 12.7 Å². The van der Waals surface area contributed by atoms with Crippen LogP contribution in [0, 0.1) is 0 Å². The first-order chi connectivity index (χ1) is 8.45. The summed E-state index contributed by atoms with van der Waals surface area (Å²) in [7, 11) is 0. The zero-order chi connectivity index (χ0) is 11.5. The summed E-state index contributed by atoms with van der Waals surface area (Å²) in [4.78, 5) is 6.87. The average Bonchev–Trinajstić information content (AvgIpc) is 2.90. The molecular weight excluding hydrogens is 208 g/mol. The highest BCUT2D eigenvalue weighted by atomic mass is 15.2. The Bertz CT molecular complexity index is 421. The van der Waals surface area contributed by atoms with Gasteiger partial charge in [0.1, 0.15) is 5.82 Å². The molecule has 0 saturated carbocycles. The van der Waals surface area contributed by atoms with Gasteiger partial charge in [-0.1, -0.05) is 36.4 Å². The number of aromatic nitrogens is 1. The van der Waals surface area contributed by atoms with Gasteiger partial charge in [-0.2, -0.15) is 0 Å². The Labute approximate surface area is 102 Å². The highest BCUT2D eigenvalue weighted by Crippen LogP contribution is 2.34. The van der Waals surface area contributed by atoms with Crippen molar-refractivity contribution >= 4 is 5.82 Å². The first-order valence-electron chi connectivity index (χ1n) is 6.18. The number of benzene rings is 1. The molecule has 17 heavy (non-hydrogen) atoms. The minimum absolute atomic E-state index is 0.492. The van der Waals surface area contributed by atoms with E-state index in [2.05, 4.69) is 52.3 Å². The predicted molar refractivity (Wildman–Crippen MR) is 70.0 cm³/mol. The van der Waals surface area contributed by atoms with E-state index in [1.54, 1.807) is 0 Å². The van der Waals surface area contributed by atoms with Gasteiger partial charge in [-0.05, 0) is 30.5 Å². The molecule has 0 unspecified atom stereocenters. The van der Waals surface area contributed by atoms with Gasteiger partial charge in [-0.25, -0.2) is 4.98 Å². The van der Waals surface area contributed by atoms with Gasteiger partial charge in [-0.3, -0.25) is 0 Å². The van der Waals surface area contributed by atoms with Crippen LogP contribution in [0.1, 0.15) is 24.4 Å². The smallest absolute Gasteiger partial charge is 0.128 e. The summed E-state index contributed by atoms with van der Waals surface area (Å²) in [5.41, 5.74) is 1.40. The highest BCUT2D eigenvalue weighted by Gasteiger charge is 2.26. The normalized spacial score (nSPS) is 19.5. The van der Waals surface area contributed by atoms with E-state index in [1.165, 1.54) is 18.4 Å². The van der Waals surface area contributed by atoms with E-state index in [0.717, 1.165) is 12.4 Å². The van der Waals surface area contributed by atoms with Gasteiger partial charge < -0.3 is 4.90 Å². The minimum atomic E-state index is 0.492. The molecule has 1 aromatic carbocycles. The van der Waals surface area contributed by atoms with Gasteiger partial charge in [-0.15, -0.1) is 0 Å². The molecule has 0 aliphatic carbocycles. The van der Waals surface area contributed by atoms with Crippen LogP contribution in [-0.4, -0.2) is 11.5 Å². The Morgan fingerprint density at radius 1 is 1.00 bits per heavy atom. The summed E-state index contributed by atoms with van der Waals surface area (Å²) < 4.78 is 0. The van der Waals surface area contributed by atoms with E-state index in [9.17, 15) is 0 Å². The van der Waals surface area contributed by atoms with Crippen molar-refractivity contribution in [3.05, 3.63) is 60.3 Å². The molecule has 0 radical (unpaired) electrons. The molecule has 3 rings (SSSR count). The van der Waals surface area contributed by atoms with Crippen LogP contribution in [-0.2, 0) is 0 Å². The van der Waals surface area contributed by atoms with Gasteiger partial charge in [0.05, 0.1) is 6.04 Å². The van der Waals surface area contributed by atoms with E-state index in [4.69, 9.17) is 0 Å². The number of hydrogen-bond donors (Lipinski definition) is 0.